The van der Waals surface area contributed by atoms with Crippen LogP contribution in [0.2, 0.25) is 0 Å². The first-order valence-electron chi connectivity index (χ1n) is 6.72. The fourth-order valence-corrected chi connectivity index (χ4v) is 3.58. The van der Waals surface area contributed by atoms with Crippen LogP contribution in [0.4, 0.5) is 0 Å². The van der Waals surface area contributed by atoms with E-state index in [1.165, 1.54) is 16.2 Å². The summed E-state index contributed by atoms with van der Waals surface area (Å²) < 4.78 is 0. The summed E-state index contributed by atoms with van der Waals surface area (Å²) in [6.45, 7) is 5.82. The van der Waals surface area contributed by atoms with Crippen molar-refractivity contribution < 1.29 is 4.79 Å². The maximum Gasteiger partial charge on any atom is 0.262 e. The second-order valence-electron chi connectivity index (χ2n) is 5.55. The number of aryl methyl sites for hydroxylation is 2. The quantitative estimate of drug-likeness (QED) is 0.837. The zero-order valence-electron chi connectivity index (χ0n) is 12.2. The number of carbonyl (C=O) groups excluding carboxylic acids is 1. The summed E-state index contributed by atoms with van der Waals surface area (Å²) in [5.41, 5.74) is 6.52. The van der Waals surface area contributed by atoms with Gasteiger partial charge >= 0.3 is 0 Å². The molecule has 0 aromatic carbocycles. The predicted octanol–water partition coefficient (Wildman–Crippen LogP) is 1.85. The van der Waals surface area contributed by atoms with Crippen molar-refractivity contribution >= 4 is 34.5 Å². The van der Waals surface area contributed by atoms with Crippen molar-refractivity contribution in [1.82, 2.24) is 10.2 Å². The molecule has 0 saturated carbocycles. The van der Waals surface area contributed by atoms with Crippen LogP contribution in [0.3, 0.4) is 0 Å². The number of nitrogens with zero attached hydrogens (tertiary/aromatic N) is 1. The summed E-state index contributed by atoms with van der Waals surface area (Å²) in [5, 5.41) is 3.09. The molecule has 2 heterocycles. The van der Waals surface area contributed by atoms with Crippen LogP contribution < -0.4 is 11.1 Å². The van der Waals surface area contributed by atoms with Gasteiger partial charge in [0.1, 0.15) is 0 Å². The summed E-state index contributed by atoms with van der Waals surface area (Å²) in [7, 11) is 2.07. The molecule has 1 aliphatic heterocycles. The zero-order chi connectivity index (χ0) is 14.9. The standard InChI is InChI=1S/C14H21N3OS2/c1-9-8-11(20-10(9)2)12(18)16-14(13(15)19)4-6-17(3)7-5-14/h8H,4-7H2,1-3H3,(H2,15,19)(H,16,18). The van der Waals surface area contributed by atoms with E-state index in [2.05, 4.69) is 17.3 Å². The Bertz CT molecular complexity index is 511. The van der Waals surface area contributed by atoms with Gasteiger partial charge in [-0.05, 0) is 45.4 Å². The SMILES string of the molecule is Cc1cc(C(=O)NC2(C(N)=S)CCN(C)CC2)sc1C. The molecule has 0 spiro atoms. The molecule has 110 valence electrons. The van der Waals surface area contributed by atoms with Gasteiger partial charge in [-0.1, -0.05) is 12.2 Å². The van der Waals surface area contributed by atoms with Crippen molar-refractivity contribution in [3.63, 3.8) is 0 Å². The van der Waals surface area contributed by atoms with Crippen LogP contribution in [0.5, 0.6) is 0 Å². The molecule has 20 heavy (non-hydrogen) atoms. The number of hydrogen-bond acceptors (Lipinski definition) is 4. The molecule has 0 bridgehead atoms. The molecule has 4 nitrogen and oxygen atoms in total. The summed E-state index contributed by atoms with van der Waals surface area (Å²) in [6.07, 6.45) is 1.54. The van der Waals surface area contributed by atoms with Crippen molar-refractivity contribution in [3.8, 4) is 0 Å². The Balaban J connectivity index is 2.16. The number of carbonyl (C=O) groups is 1. The first kappa shape index (κ1) is 15.4. The molecular formula is C14H21N3OS2. The van der Waals surface area contributed by atoms with E-state index in [1.807, 2.05) is 19.9 Å². The van der Waals surface area contributed by atoms with E-state index < -0.39 is 5.54 Å². The average Bonchev–Trinajstić information content (AvgIpc) is 2.72. The third-order valence-corrected chi connectivity index (χ3v) is 5.60. The van der Waals surface area contributed by atoms with Crippen LogP contribution in [0.1, 0.15) is 33.0 Å². The van der Waals surface area contributed by atoms with Crippen LogP contribution in [-0.2, 0) is 0 Å². The Kier molecular flexibility index (Phi) is 4.46. The normalized spacial score (nSPS) is 18.8. The van der Waals surface area contributed by atoms with Crippen LogP contribution in [-0.4, -0.2) is 41.5 Å². The molecule has 3 N–H and O–H groups in total. The Hall–Kier alpha value is -0.980. The summed E-state index contributed by atoms with van der Waals surface area (Å²) in [6, 6.07) is 1.93. The zero-order valence-corrected chi connectivity index (χ0v) is 13.8. The number of likely N-dealkylation sites (tertiary alicyclic amines) is 1. The lowest BCUT2D eigenvalue weighted by atomic mass is 9.87. The van der Waals surface area contributed by atoms with E-state index in [0.717, 1.165) is 36.4 Å². The fraction of sp³-hybridized carbons (Fsp3) is 0.571. The Morgan fingerprint density at radius 2 is 2.05 bits per heavy atom. The molecule has 6 heteroatoms. The molecule has 1 aromatic heterocycles. The van der Waals surface area contributed by atoms with Crippen molar-refractivity contribution in [1.29, 1.82) is 0 Å². The Labute approximate surface area is 129 Å². The highest BCUT2D eigenvalue weighted by Crippen LogP contribution is 2.25. The van der Waals surface area contributed by atoms with E-state index in [-0.39, 0.29) is 5.91 Å². The van der Waals surface area contributed by atoms with Gasteiger partial charge in [-0.2, -0.15) is 0 Å². The van der Waals surface area contributed by atoms with Crippen molar-refractivity contribution in [3.05, 3.63) is 21.4 Å². The van der Waals surface area contributed by atoms with E-state index in [4.69, 9.17) is 18.0 Å². The van der Waals surface area contributed by atoms with Gasteiger partial charge in [-0.3, -0.25) is 4.79 Å². The molecule has 1 amide bonds. The van der Waals surface area contributed by atoms with Crippen molar-refractivity contribution in [2.24, 2.45) is 5.73 Å². The summed E-state index contributed by atoms with van der Waals surface area (Å²) in [4.78, 5) is 17.0. The second kappa shape index (κ2) is 5.79. The number of nitrogens with one attached hydrogen (secondary N) is 1. The number of thiophene rings is 1. The minimum absolute atomic E-state index is 0.0662. The van der Waals surface area contributed by atoms with Crippen molar-refractivity contribution in [2.45, 2.75) is 32.2 Å². The van der Waals surface area contributed by atoms with Crippen LogP contribution in [0.15, 0.2) is 6.07 Å². The highest BCUT2D eigenvalue weighted by molar-refractivity contribution is 7.80. The largest absolute Gasteiger partial charge is 0.391 e. The molecule has 1 saturated heterocycles. The summed E-state index contributed by atoms with van der Waals surface area (Å²) >= 11 is 6.73. The van der Waals surface area contributed by atoms with Gasteiger partial charge in [0.2, 0.25) is 0 Å². The van der Waals surface area contributed by atoms with Gasteiger partial charge < -0.3 is 16.0 Å². The number of nitrogens with two attached hydrogens (primary N) is 1. The van der Waals surface area contributed by atoms with Crippen LogP contribution in [0, 0.1) is 13.8 Å². The predicted molar refractivity (Wildman–Crippen MR) is 87.5 cm³/mol. The number of rotatable bonds is 3. The molecule has 0 radical (unpaired) electrons. The minimum atomic E-state index is -0.537. The third kappa shape index (κ3) is 3.02. The van der Waals surface area contributed by atoms with E-state index in [9.17, 15) is 4.79 Å². The van der Waals surface area contributed by atoms with Gasteiger partial charge in [0.25, 0.3) is 5.91 Å². The second-order valence-corrected chi connectivity index (χ2v) is 7.25. The highest BCUT2D eigenvalue weighted by Gasteiger charge is 2.38. The van der Waals surface area contributed by atoms with E-state index in [1.54, 1.807) is 0 Å². The number of piperidine rings is 1. The molecule has 1 aromatic rings. The van der Waals surface area contributed by atoms with E-state index >= 15 is 0 Å². The number of hydrogen-bond donors (Lipinski definition) is 2. The molecule has 0 atom stereocenters. The molecule has 0 aliphatic carbocycles. The maximum absolute atomic E-state index is 12.4. The topological polar surface area (TPSA) is 58.4 Å². The summed E-state index contributed by atoms with van der Waals surface area (Å²) in [5.74, 6) is -0.0662. The monoisotopic (exact) mass is 311 g/mol. The lowest BCUT2D eigenvalue weighted by Gasteiger charge is -2.40. The van der Waals surface area contributed by atoms with Gasteiger partial charge in [0.15, 0.2) is 0 Å². The highest BCUT2D eigenvalue weighted by atomic mass is 32.1. The van der Waals surface area contributed by atoms with Crippen molar-refractivity contribution in [2.75, 3.05) is 20.1 Å². The third-order valence-electron chi connectivity index (χ3n) is 4.05. The van der Waals surface area contributed by atoms with Crippen LogP contribution in [0.25, 0.3) is 0 Å². The molecule has 1 fully saturated rings. The molecule has 2 rings (SSSR count). The smallest absolute Gasteiger partial charge is 0.262 e. The molecular weight excluding hydrogens is 290 g/mol. The minimum Gasteiger partial charge on any atom is -0.391 e. The van der Waals surface area contributed by atoms with Gasteiger partial charge in [0, 0.05) is 18.0 Å². The molecule has 1 aliphatic rings. The van der Waals surface area contributed by atoms with Gasteiger partial charge in [-0.25, -0.2) is 0 Å². The van der Waals surface area contributed by atoms with Gasteiger partial charge in [-0.15, -0.1) is 11.3 Å². The Morgan fingerprint density at radius 3 is 2.50 bits per heavy atom. The first-order valence-corrected chi connectivity index (χ1v) is 7.94. The first-order chi connectivity index (χ1) is 9.34. The fourth-order valence-electron chi connectivity index (χ4n) is 2.40. The lowest BCUT2D eigenvalue weighted by molar-refractivity contribution is 0.0894. The maximum atomic E-state index is 12.4. The van der Waals surface area contributed by atoms with Gasteiger partial charge in [0.05, 0.1) is 15.4 Å². The lowest BCUT2D eigenvalue weighted by Crippen LogP contribution is -2.61. The van der Waals surface area contributed by atoms with E-state index in [0.29, 0.717) is 4.99 Å². The Morgan fingerprint density at radius 1 is 1.45 bits per heavy atom. The van der Waals surface area contributed by atoms with Crippen LogP contribution >= 0.6 is 23.6 Å². The number of thiocarbonyl (C=S) groups is 1. The number of amides is 1. The molecule has 0 unspecified atom stereocenters. The average molecular weight is 311 g/mol.